The third kappa shape index (κ3) is 1.55. The van der Waals surface area contributed by atoms with Gasteiger partial charge in [0.15, 0.2) is 0 Å². The van der Waals surface area contributed by atoms with Crippen LogP contribution in [0, 0.1) is 0 Å². The summed E-state index contributed by atoms with van der Waals surface area (Å²) in [5, 5.41) is 13.4. The second-order valence-corrected chi connectivity index (χ2v) is 5.94. The fraction of sp³-hybridized carbons (Fsp3) is 0.333. The molecular formula is C18H18O2. The lowest BCUT2D eigenvalue weighted by Crippen LogP contribution is -2.32. The minimum absolute atomic E-state index is 0.814. The zero-order valence-electron chi connectivity index (χ0n) is 11.6. The molecule has 1 aliphatic carbocycles. The van der Waals surface area contributed by atoms with Crippen molar-refractivity contribution in [3.05, 3.63) is 53.3 Å². The van der Waals surface area contributed by atoms with Gasteiger partial charge in [-0.05, 0) is 43.0 Å². The van der Waals surface area contributed by atoms with Gasteiger partial charge in [0, 0.05) is 17.6 Å². The van der Waals surface area contributed by atoms with Crippen LogP contribution in [0.2, 0.25) is 0 Å². The maximum Gasteiger partial charge on any atom is 0.133 e. The average molecular weight is 266 g/mol. The lowest BCUT2D eigenvalue weighted by atomic mass is 9.77. The van der Waals surface area contributed by atoms with E-state index in [1.807, 2.05) is 25.1 Å². The van der Waals surface area contributed by atoms with Crippen LogP contribution in [0.3, 0.4) is 0 Å². The molecule has 0 saturated carbocycles. The number of ether oxygens (including phenoxy) is 1. The van der Waals surface area contributed by atoms with Gasteiger partial charge in [-0.1, -0.05) is 30.3 Å². The average Bonchev–Trinajstić information content (AvgIpc) is 2.46. The molecule has 2 aromatic carbocycles. The van der Waals surface area contributed by atoms with Crippen LogP contribution >= 0.6 is 0 Å². The predicted octanol–water partition coefficient (Wildman–Crippen LogP) is 4.27. The second kappa shape index (κ2) is 4.10. The van der Waals surface area contributed by atoms with Gasteiger partial charge in [0.2, 0.25) is 0 Å². The number of benzene rings is 2. The number of aliphatic hydroxyl groups is 1. The summed E-state index contributed by atoms with van der Waals surface area (Å²) >= 11 is 0. The molecule has 2 nitrogen and oxygen atoms in total. The van der Waals surface area contributed by atoms with Crippen molar-refractivity contribution in [2.45, 2.75) is 38.2 Å². The highest BCUT2D eigenvalue weighted by molar-refractivity contribution is 5.89. The van der Waals surface area contributed by atoms with Gasteiger partial charge in [-0.25, -0.2) is 0 Å². The Kier molecular flexibility index (Phi) is 2.45. The molecule has 4 rings (SSSR count). The molecule has 0 unspecified atom stereocenters. The van der Waals surface area contributed by atoms with E-state index in [1.54, 1.807) is 0 Å². The highest BCUT2D eigenvalue weighted by Gasteiger charge is 2.40. The Morgan fingerprint density at radius 3 is 2.75 bits per heavy atom. The monoisotopic (exact) mass is 266 g/mol. The van der Waals surface area contributed by atoms with Crippen LogP contribution in [0.15, 0.2) is 47.7 Å². The fourth-order valence-corrected chi connectivity index (χ4v) is 3.63. The molecule has 1 atom stereocenters. The number of hydrogen-bond donors (Lipinski definition) is 1. The topological polar surface area (TPSA) is 29.5 Å². The Labute approximate surface area is 118 Å². The zero-order chi connectivity index (χ0) is 13.7. The van der Waals surface area contributed by atoms with E-state index in [1.165, 1.54) is 0 Å². The Hall–Kier alpha value is -1.80. The molecule has 0 saturated heterocycles. The van der Waals surface area contributed by atoms with E-state index < -0.39 is 5.60 Å². The smallest absolute Gasteiger partial charge is 0.133 e. The second-order valence-electron chi connectivity index (χ2n) is 5.94. The van der Waals surface area contributed by atoms with Crippen molar-refractivity contribution in [1.82, 2.24) is 0 Å². The van der Waals surface area contributed by atoms with E-state index in [2.05, 4.69) is 18.2 Å². The third-order valence-corrected chi connectivity index (χ3v) is 4.62. The highest BCUT2D eigenvalue weighted by atomic mass is 16.5. The molecule has 0 fully saturated rings. The molecular weight excluding hydrogens is 248 g/mol. The number of rotatable bonds is 0. The number of allylic oxidation sites excluding steroid dienone is 1. The van der Waals surface area contributed by atoms with Gasteiger partial charge < -0.3 is 9.84 Å². The van der Waals surface area contributed by atoms with Crippen LogP contribution in [-0.4, -0.2) is 5.11 Å². The van der Waals surface area contributed by atoms with Gasteiger partial charge in [-0.2, -0.15) is 0 Å². The summed E-state index contributed by atoms with van der Waals surface area (Å²) in [6, 6.07) is 12.3. The molecule has 2 aliphatic rings. The Balaban J connectivity index is 2.02. The molecule has 0 amide bonds. The molecule has 1 aliphatic heterocycles. The van der Waals surface area contributed by atoms with E-state index in [4.69, 9.17) is 4.74 Å². The quantitative estimate of drug-likeness (QED) is 0.771. The summed E-state index contributed by atoms with van der Waals surface area (Å²) in [5.74, 6) is 1.80. The summed E-state index contributed by atoms with van der Waals surface area (Å²) in [6.07, 6.45) is 4.17. The standard InChI is InChI=1S/C18H18O2/c1-18(19)14-8-4-5-9-15(14)20-16-11-10-12-6-2-3-7-13(12)17(16)18/h2-3,6-7,10-11,19H,4-5,8-9H2,1H3/t18-/m1/s1. The largest absolute Gasteiger partial charge is 0.461 e. The van der Waals surface area contributed by atoms with Crippen LogP contribution in [0.4, 0.5) is 0 Å². The molecule has 0 radical (unpaired) electrons. The maximum atomic E-state index is 11.2. The lowest BCUT2D eigenvalue weighted by Gasteiger charge is -2.38. The van der Waals surface area contributed by atoms with Crippen molar-refractivity contribution in [3.8, 4) is 5.75 Å². The van der Waals surface area contributed by atoms with Gasteiger partial charge in [0.1, 0.15) is 17.1 Å². The molecule has 1 heterocycles. The van der Waals surface area contributed by atoms with Crippen molar-refractivity contribution < 1.29 is 9.84 Å². The van der Waals surface area contributed by atoms with Gasteiger partial charge in [0.05, 0.1) is 0 Å². The van der Waals surface area contributed by atoms with Crippen LogP contribution in [0.5, 0.6) is 5.75 Å². The first kappa shape index (κ1) is 12.0. The first-order chi connectivity index (χ1) is 9.68. The van der Waals surface area contributed by atoms with Crippen molar-refractivity contribution in [2.75, 3.05) is 0 Å². The Morgan fingerprint density at radius 1 is 1.05 bits per heavy atom. The van der Waals surface area contributed by atoms with Gasteiger partial charge in [-0.3, -0.25) is 0 Å². The number of fused-ring (bicyclic) bond motifs is 3. The summed E-state index contributed by atoms with van der Waals surface area (Å²) in [5.41, 5.74) is 1.09. The zero-order valence-corrected chi connectivity index (χ0v) is 11.6. The SMILES string of the molecule is C[C@@]1(O)C2=C(CCCC2)Oc2ccc3ccccc3c21. The van der Waals surface area contributed by atoms with Gasteiger partial charge in [0.25, 0.3) is 0 Å². The minimum Gasteiger partial charge on any atom is -0.461 e. The third-order valence-electron chi connectivity index (χ3n) is 4.62. The van der Waals surface area contributed by atoms with Gasteiger partial charge >= 0.3 is 0 Å². The summed E-state index contributed by atoms with van der Waals surface area (Å²) < 4.78 is 6.10. The molecule has 20 heavy (non-hydrogen) atoms. The van der Waals surface area contributed by atoms with E-state index in [-0.39, 0.29) is 0 Å². The molecule has 2 aromatic rings. The van der Waals surface area contributed by atoms with Crippen LogP contribution in [0.1, 0.15) is 38.2 Å². The molecule has 0 spiro atoms. The van der Waals surface area contributed by atoms with Crippen molar-refractivity contribution in [1.29, 1.82) is 0 Å². The van der Waals surface area contributed by atoms with E-state index in [0.717, 1.165) is 59.1 Å². The Morgan fingerprint density at radius 2 is 1.85 bits per heavy atom. The maximum absolute atomic E-state index is 11.2. The van der Waals surface area contributed by atoms with Crippen molar-refractivity contribution in [3.63, 3.8) is 0 Å². The minimum atomic E-state index is -0.912. The first-order valence-corrected chi connectivity index (χ1v) is 7.33. The summed E-state index contributed by atoms with van der Waals surface area (Å²) in [4.78, 5) is 0. The van der Waals surface area contributed by atoms with Crippen molar-refractivity contribution >= 4 is 10.8 Å². The Bertz CT molecular complexity index is 725. The highest BCUT2D eigenvalue weighted by Crippen LogP contribution is 2.49. The van der Waals surface area contributed by atoms with Crippen LogP contribution in [0.25, 0.3) is 10.8 Å². The molecule has 2 heteroatoms. The molecule has 0 aromatic heterocycles. The van der Waals surface area contributed by atoms with Crippen molar-refractivity contribution in [2.24, 2.45) is 0 Å². The number of hydrogen-bond acceptors (Lipinski definition) is 2. The van der Waals surface area contributed by atoms with Crippen LogP contribution in [-0.2, 0) is 5.60 Å². The molecule has 1 N–H and O–H groups in total. The predicted molar refractivity (Wildman–Crippen MR) is 79.6 cm³/mol. The molecule has 102 valence electrons. The van der Waals surface area contributed by atoms with Gasteiger partial charge in [-0.15, -0.1) is 0 Å². The summed E-state index contributed by atoms with van der Waals surface area (Å²) in [7, 11) is 0. The lowest BCUT2D eigenvalue weighted by molar-refractivity contribution is 0.0744. The summed E-state index contributed by atoms with van der Waals surface area (Å²) in [6.45, 7) is 1.92. The van der Waals surface area contributed by atoms with Crippen LogP contribution < -0.4 is 4.74 Å². The van der Waals surface area contributed by atoms with E-state index in [0.29, 0.717) is 0 Å². The molecule has 0 bridgehead atoms. The van der Waals surface area contributed by atoms with E-state index in [9.17, 15) is 5.11 Å². The first-order valence-electron chi connectivity index (χ1n) is 7.33. The van der Waals surface area contributed by atoms with E-state index >= 15 is 0 Å². The normalized spacial score (nSPS) is 25.1. The fourth-order valence-electron chi connectivity index (χ4n) is 3.63.